The van der Waals surface area contributed by atoms with Crippen LogP contribution >= 0.6 is 34.8 Å². The number of alkyl halides is 3. The van der Waals surface area contributed by atoms with Gasteiger partial charge in [0, 0.05) is 6.42 Å². The number of carbonyl (C=O) groups is 1. The fourth-order valence-electron chi connectivity index (χ4n) is 1.59. The fraction of sp³-hybridized carbons (Fsp3) is 0.923. The summed E-state index contributed by atoms with van der Waals surface area (Å²) in [5.41, 5.74) is 0. The van der Waals surface area contributed by atoms with Gasteiger partial charge in [-0.05, 0) is 0 Å². The third kappa shape index (κ3) is 9.35. The maximum absolute atomic E-state index is 11.8. The standard InChI is InChI=1S/C13H21Cl3O6/c14-11-9-13(15,16)12(17)22-8-7-20-4-3-18-1-2-19-5-6-21-10-11/h11H,1-10H2. The number of rotatable bonds is 0. The molecule has 0 bridgehead atoms. The largest absolute Gasteiger partial charge is 0.461 e. The molecule has 1 saturated heterocycles. The average molecular weight is 380 g/mol. The number of cyclic esters (lactones) is 1. The van der Waals surface area contributed by atoms with Crippen molar-refractivity contribution in [3.05, 3.63) is 0 Å². The summed E-state index contributed by atoms with van der Waals surface area (Å²) in [4.78, 5) is 11.8. The van der Waals surface area contributed by atoms with Crippen molar-refractivity contribution < 1.29 is 28.5 Å². The van der Waals surface area contributed by atoms with E-state index in [-0.39, 0.29) is 26.2 Å². The monoisotopic (exact) mass is 378 g/mol. The van der Waals surface area contributed by atoms with Crippen molar-refractivity contribution in [2.24, 2.45) is 0 Å². The Morgan fingerprint density at radius 3 is 1.82 bits per heavy atom. The second kappa shape index (κ2) is 11.7. The smallest absolute Gasteiger partial charge is 0.342 e. The van der Waals surface area contributed by atoms with E-state index in [4.69, 9.17) is 58.5 Å². The molecule has 1 fully saturated rings. The lowest BCUT2D eigenvalue weighted by molar-refractivity contribution is -0.146. The number of esters is 1. The summed E-state index contributed by atoms with van der Waals surface area (Å²) in [6, 6.07) is 0. The molecule has 0 N–H and O–H groups in total. The van der Waals surface area contributed by atoms with Crippen LogP contribution in [0.25, 0.3) is 0 Å². The molecular formula is C13H21Cl3O6. The Morgan fingerprint density at radius 1 is 0.818 bits per heavy atom. The van der Waals surface area contributed by atoms with Gasteiger partial charge in [0.15, 0.2) is 0 Å². The van der Waals surface area contributed by atoms with Crippen molar-refractivity contribution in [3.63, 3.8) is 0 Å². The zero-order chi connectivity index (χ0) is 16.3. The molecule has 0 aromatic heterocycles. The SMILES string of the molecule is O=C1OCCOCCOCCOCCOCC(Cl)CC1(Cl)Cl. The van der Waals surface area contributed by atoms with Crippen LogP contribution in [0.2, 0.25) is 0 Å². The summed E-state index contributed by atoms with van der Waals surface area (Å²) in [7, 11) is 0. The van der Waals surface area contributed by atoms with Gasteiger partial charge in [-0.3, -0.25) is 0 Å². The van der Waals surface area contributed by atoms with Gasteiger partial charge >= 0.3 is 5.97 Å². The highest BCUT2D eigenvalue weighted by Crippen LogP contribution is 2.30. The molecule has 6 nitrogen and oxygen atoms in total. The maximum atomic E-state index is 11.8. The molecule has 1 unspecified atom stereocenters. The number of carbonyl (C=O) groups excluding carboxylic acids is 1. The molecule has 1 aliphatic rings. The van der Waals surface area contributed by atoms with Gasteiger partial charge in [0.05, 0.1) is 58.2 Å². The molecule has 22 heavy (non-hydrogen) atoms. The summed E-state index contributed by atoms with van der Waals surface area (Å²) >= 11 is 18.0. The summed E-state index contributed by atoms with van der Waals surface area (Å²) in [6.07, 6.45) is 0.0199. The van der Waals surface area contributed by atoms with Crippen LogP contribution in [0.15, 0.2) is 0 Å². The van der Waals surface area contributed by atoms with Crippen LogP contribution in [-0.4, -0.2) is 75.1 Å². The van der Waals surface area contributed by atoms with E-state index in [2.05, 4.69) is 0 Å². The Labute approximate surface area is 145 Å². The van der Waals surface area contributed by atoms with Crippen molar-refractivity contribution in [1.29, 1.82) is 0 Å². The van der Waals surface area contributed by atoms with Crippen LogP contribution in [0, 0.1) is 0 Å². The molecule has 0 amide bonds. The zero-order valence-electron chi connectivity index (χ0n) is 12.2. The van der Waals surface area contributed by atoms with Crippen molar-refractivity contribution in [2.75, 3.05) is 59.5 Å². The first-order chi connectivity index (χ1) is 10.5. The lowest BCUT2D eigenvalue weighted by Gasteiger charge is -2.21. The summed E-state index contributed by atoms with van der Waals surface area (Å²) < 4.78 is 24.4. The minimum atomic E-state index is -1.71. The Balaban J connectivity index is 2.40. The van der Waals surface area contributed by atoms with Crippen LogP contribution in [0.4, 0.5) is 0 Å². The third-order valence-electron chi connectivity index (χ3n) is 2.65. The topological polar surface area (TPSA) is 63.2 Å². The molecule has 0 saturated carbocycles. The first-order valence-electron chi connectivity index (χ1n) is 7.02. The predicted octanol–water partition coefficient (Wildman–Crippen LogP) is 1.78. The molecule has 0 radical (unpaired) electrons. The van der Waals surface area contributed by atoms with Crippen LogP contribution in [-0.2, 0) is 28.5 Å². The molecule has 1 heterocycles. The third-order valence-corrected chi connectivity index (χ3v) is 3.55. The van der Waals surface area contributed by atoms with Gasteiger partial charge in [-0.2, -0.15) is 0 Å². The normalized spacial score (nSPS) is 27.4. The summed E-state index contributed by atoms with van der Waals surface area (Å²) in [6.45, 7) is 3.13. The number of halogens is 3. The number of ether oxygens (including phenoxy) is 5. The van der Waals surface area contributed by atoms with Gasteiger partial charge in [-0.25, -0.2) is 4.79 Å². The first kappa shape index (κ1) is 20.2. The number of hydrogen-bond donors (Lipinski definition) is 0. The molecule has 0 aliphatic carbocycles. The molecule has 0 aromatic carbocycles. The lowest BCUT2D eigenvalue weighted by atomic mass is 10.2. The van der Waals surface area contributed by atoms with E-state index in [1.807, 2.05) is 0 Å². The van der Waals surface area contributed by atoms with Gasteiger partial charge in [-0.15, -0.1) is 11.6 Å². The van der Waals surface area contributed by atoms with Gasteiger partial charge in [0.25, 0.3) is 0 Å². The van der Waals surface area contributed by atoms with Crippen LogP contribution in [0.1, 0.15) is 6.42 Å². The number of hydrogen-bond acceptors (Lipinski definition) is 6. The fourth-order valence-corrected chi connectivity index (χ4v) is 2.55. The average Bonchev–Trinajstić information content (AvgIpc) is 2.46. The highest BCUT2D eigenvalue weighted by atomic mass is 35.5. The summed E-state index contributed by atoms with van der Waals surface area (Å²) in [5, 5.41) is -0.513. The van der Waals surface area contributed by atoms with Crippen LogP contribution in [0.5, 0.6) is 0 Å². The molecule has 9 heteroatoms. The molecule has 130 valence electrons. The van der Waals surface area contributed by atoms with Crippen molar-refractivity contribution >= 4 is 40.8 Å². The van der Waals surface area contributed by atoms with E-state index < -0.39 is 15.7 Å². The van der Waals surface area contributed by atoms with E-state index >= 15 is 0 Å². The lowest BCUT2D eigenvalue weighted by Crippen LogP contribution is -2.33. The summed E-state index contributed by atoms with van der Waals surface area (Å²) in [5.74, 6) is -0.745. The quantitative estimate of drug-likeness (QED) is 0.472. The van der Waals surface area contributed by atoms with E-state index in [9.17, 15) is 4.79 Å². The van der Waals surface area contributed by atoms with E-state index in [1.54, 1.807) is 0 Å². The van der Waals surface area contributed by atoms with Gasteiger partial charge < -0.3 is 23.7 Å². The molecule has 1 rings (SSSR count). The van der Waals surface area contributed by atoms with E-state index in [0.29, 0.717) is 39.6 Å². The van der Waals surface area contributed by atoms with Gasteiger partial charge in [0.1, 0.15) is 6.61 Å². The van der Waals surface area contributed by atoms with Gasteiger partial charge in [0.2, 0.25) is 4.33 Å². The van der Waals surface area contributed by atoms with Crippen molar-refractivity contribution in [3.8, 4) is 0 Å². The van der Waals surface area contributed by atoms with E-state index in [1.165, 1.54) is 0 Å². The second-order valence-corrected chi connectivity index (χ2v) is 6.65. The Hall–Kier alpha value is 0.180. The molecule has 1 aliphatic heterocycles. The highest BCUT2D eigenvalue weighted by molar-refractivity contribution is 6.57. The van der Waals surface area contributed by atoms with Crippen LogP contribution in [0.3, 0.4) is 0 Å². The zero-order valence-corrected chi connectivity index (χ0v) is 14.5. The second-order valence-electron chi connectivity index (χ2n) is 4.55. The van der Waals surface area contributed by atoms with Crippen LogP contribution < -0.4 is 0 Å². The van der Waals surface area contributed by atoms with Gasteiger partial charge in [-0.1, -0.05) is 23.2 Å². The minimum absolute atomic E-state index is 0.0199. The molecule has 0 spiro atoms. The van der Waals surface area contributed by atoms with Crippen molar-refractivity contribution in [1.82, 2.24) is 0 Å². The van der Waals surface area contributed by atoms with Crippen molar-refractivity contribution in [2.45, 2.75) is 16.1 Å². The Morgan fingerprint density at radius 2 is 1.27 bits per heavy atom. The molecule has 1 atom stereocenters. The molecule has 0 aromatic rings. The predicted molar refractivity (Wildman–Crippen MR) is 82.9 cm³/mol. The first-order valence-corrected chi connectivity index (χ1v) is 8.21. The molecular weight excluding hydrogens is 358 g/mol. The maximum Gasteiger partial charge on any atom is 0.342 e. The van der Waals surface area contributed by atoms with E-state index in [0.717, 1.165) is 0 Å². The Kier molecular flexibility index (Phi) is 10.7. The minimum Gasteiger partial charge on any atom is -0.461 e. The Bertz CT molecular complexity index is 316. The highest BCUT2D eigenvalue weighted by Gasteiger charge is 2.37.